The first kappa shape index (κ1) is 78.6. The number of carbonyl (C=O) groups excluding carboxylic acids is 3. The standard InChI is InChI=1S/C14H26O4S2.C9H18O3S.10CH4/c1-11(2)7-19-6-5-13(15)17-10-18-14(16)9-20-8-12(3)4;1-8(2)6-13-5-4-9(10)12-7-11-3;;;;;;;;;;/h11-12H,5-10H2,1-4H3;8H,4-7H2,1-3H3;10*1H4. The van der Waals surface area contributed by atoms with Crippen molar-refractivity contribution in [2.45, 2.75) is 129 Å². The van der Waals surface area contributed by atoms with Crippen molar-refractivity contribution in [3.8, 4) is 0 Å². The van der Waals surface area contributed by atoms with E-state index >= 15 is 0 Å². The van der Waals surface area contributed by atoms with Gasteiger partial charge in [-0.15, -0.1) is 11.8 Å². The molecule has 0 aliphatic carbocycles. The van der Waals surface area contributed by atoms with Gasteiger partial charge >= 0.3 is 17.9 Å². The van der Waals surface area contributed by atoms with E-state index in [0.29, 0.717) is 36.3 Å². The molecule has 0 spiro atoms. The van der Waals surface area contributed by atoms with Crippen LogP contribution < -0.4 is 0 Å². The van der Waals surface area contributed by atoms with Gasteiger partial charge in [0.05, 0.1) is 18.6 Å². The zero-order valence-corrected chi connectivity index (χ0v) is 23.8. The second-order valence-electron chi connectivity index (χ2n) is 8.42. The highest BCUT2D eigenvalue weighted by Gasteiger charge is 2.07. The summed E-state index contributed by atoms with van der Waals surface area (Å²) in [6.07, 6.45) is 0.831. The third-order valence-corrected chi connectivity index (χ3v) is 7.38. The van der Waals surface area contributed by atoms with Crippen molar-refractivity contribution in [2.24, 2.45) is 17.8 Å². The zero-order valence-electron chi connectivity index (χ0n) is 21.4. The van der Waals surface area contributed by atoms with Gasteiger partial charge in [0, 0.05) is 18.6 Å². The molecule has 0 heterocycles. The second-order valence-corrected chi connectivity index (χ2v) is 11.7. The van der Waals surface area contributed by atoms with Crippen molar-refractivity contribution in [1.29, 1.82) is 0 Å². The molecule has 0 unspecified atom stereocenters. The molecular weight excluding hydrogens is 605 g/mol. The highest BCUT2D eigenvalue weighted by atomic mass is 32.2. The molecule has 0 atom stereocenters. The normalized spacial score (nSPS) is 8.23. The molecule has 0 aromatic rings. The van der Waals surface area contributed by atoms with E-state index < -0.39 is 0 Å². The van der Waals surface area contributed by atoms with Gasteiger partial charge in [-0.3, -0.25) is 14.4 Å². The van der Waals surface area contributed by atoms with E-state index in [1.54, 1.807) is 23.5 Å². The number of ether oxygens (including phenoxy) is 4. The maximum atomic E-state index is 11.3. The summed E-state index contributed by atoms with van der Waals surface area (Å²) in [5.74, 6) is 5.96. The first-order chi connectivity index (χ1) is 15.6. The van der Waals surface area contributed by atoms with E-state index in [1.807, 2.05) is 0 Å². The minimum absolute atomic E-state index is 0. The van der Waals surface area contributed by atoms with E-state index in [0.717, 1.165) is 28.8 Å². The number of thioether (sulfide) groups is 3. The SMILES string of the molecule is C.C.C.C.C.C.C.C.C.C.CC(C)CSCCC(=O)OCOC(=O)CSCC(C)C.COCOC(=O)CCSCC(C)C. The van der Waals surface area contributed by atoms with Gasteiger partial charge in [-0.05, 0) is 35.0 Å². The van der Waals surface area contributed by atoms with Crippen molar-refractivity contribution < 1.29 is 33.3 Å². The minimum atomic E-state index is -0.336. The molecule has 0 amide bonds. The van der Waals surface area contributed by atoms with Crippen LogP contribution in [-0.2, 0) is 33.3 Å². The smallest absolute Gasteiger partial charge is 0.318 e. The Morgan fingerprint density at radius 3 is 1.12 bits per heavy atom. The molecule has 0 aliphatic heterocycles. The summed E-state index contributed by atoms with van der Waals surface area (Å²) in [6.45, 7) is 12.6. The molecule has 10 heteroatoms. The molecule has 0 rings (SSSR count). The second kappa shape index (κ2) is 57.1. The van der Waals surface area contributed by atoms with Gasteiger partial charge in [0.2, 0.25) is 6.79 Å². The average Bonchev–Trinajstić information content (AvgIpc) is 2.72. The summed E-state index contributed by atoms with van der Waals surface area (Å²) >= 11 is 5.04. The molecule has 0 N–H and O–H groups in total. The van der Waals surface area contributed by atoms with Gasteiger partial charge in [-0.1, -0.05) is 116 Å². The summed E-state index contributed by atoms with van der Waals surface area (Å²) in [4.78, 5) is 33.6. The van der Waals surface area contributed by atoms with E-state index in [2.05, 4.69) is 46.3 Å². The van der Waals surface area contributed by atoms with Crippen LogP contribution in [-0.4, -0.2) is 73.1 Å². The third kappa shape index (κ3) is 74.4. The Morgan fingerprint density at radius 1 is 0.488 bits per heavy atom. The Morgan fingerprint density at radius 2 is 0.791 bits per heavy atom. The Hall–Kier alpha value is -0.580. The van der Waals surface area contributed by atoms with Crippen LogP contribution in [0.25, 0.3) is 0 Å². The van der Waals surface area contributed by atoms with Gasteiger partial charge in [0.25, 0.3) is 0 Å². The van der Waals surface area contributed by atoms with E-state index in [4.69, 9.17) is 14.2 Å². The maximum absolute atomic E-state index is 11.3. The molecule has 0 aromatic carbocycles. The highest BCUT2D eigenvalue weighted by molar-refractivity contribution is 8.00. The fourth-order valence-electron chi connectivity index (χ4n) is 1.80. The van der Waals surface area contributed by atoms with Crippen LogP contribution in [0, 0.1) is 17.8 Å². The summed E-state index contributed by atoms with van der Waals surface area (Å²) in [6, 6.07) is 0. The van der Waals surface area contributed by atoms with E-state index in [-0.39, 0.29) is 106 Å². The molecular formula is C33H84O7S3. The van der Waals surface area contributed by atoms with Crippen LogP contribution in [0.15, 0.2) is 0 Å². The first-order valence-corrected chi connectivity index (χ1v) is 14.7. The van der Waals surface area contributed by atoms with E-state index in [9.17, 15) is 14.4 Å². The number of hydrogen-bond acceptors (Lipinski definition) is 10. The van der Waals surface area contributed by atoms with Crippen LogP contribution in [0.5, 0.6) is 0 Å². The Labute approximate surface area is 287 Å². The average molecular weight is 689 g/mol. The molecule has 0 radical (unpaired) electrons. The Bertz CT molecular complexity index is 505. The molecule has 0 saturated heterocycles. The predicted octanol–water partition coefficient (Wildman–Crippen LogP) is 11.5. The quantitative estimate of drug-likeness (QED) is 0.0787. The lowest BCUT2D eigenvalue weighted by atomic mass is 10.3. The number of carbonyl (C=O) groups is 3. The van der Waals surface area contributed by atoms with Gasteiger partial charge in [-0.25, -0.2) is 0 Å². The Balaban J connectivity index is -0.0000000380. The Kier molecular flexibility index (Phi) is 104. The van der Waals surface area contributed by atoms with Crippen molar-refractivity contribution in [3.05, 3.63) is 0 Å². The van der Waals surface area contributed by atoms with Gasteiger partial charge < -0.3 is 18.9 Å². The topological polar surface area (TPSA) is 88.1 Å². The fourth-order valence-corrected chi connectivity index (χ4v) is 4.54. The maximum Gasteiger partial charge on any atom is 0.318 e. The fraction of sp³-hybridized carbons (Fsp3) is 0.909. The first-order valence-electron chi connectivity index (χ1n) is 11.3. The van der Waals surface area contributed by atoms with Crippen LogP contribution in [0.4, 0.5) is 0 Å². The summed E-state index contributed by atoms with van der Waals surface area (Å²) in [5, 5.41) is 0. The summed E-state index contributed by atoms with van der Waals surface area (Å²) < 4.78 is 19.0. The predicted molar refractivity (Wildman–Crippen MR) is 208 cm³/mol. The van der Waals surface area contributed by atoms with Gasteiger partial charge in [0.1, 0.15) is 0 Å². The van der Waals surface area contributed by atoms with Crippen molar-refractivity contribution in [2.75, 3.05) is 55.2 Å². The van der Waals surface area contributed by atoms with Crippen molar-refractivity contribution in [3.63, 3.8) is 0 Å². The molecule has 0 bridgehead atoms. The highest BCUT2D eigenvalue weighted by Crippen LogP contribution is 2.10. The molecule has 0 saturated carbocycles. The van der Waals surface area contributed by atoms with Gasteiger partial charge in [-0.2, -0.15) is 23.5 Å². The molecule has 0 aliphatic rings. The number of rotatable bonds is 18. The van der Waals surface area contributed by atoms with Crippen LogP contribution in [0.2, 0.25) is 0 Å². The number of esters is 3. The lowest BCUT2D eigenvalue weighted by Crippen LogP contribution is -2.15. The van der Waals surface area contributed by atoms with Crippen molar-refractivity contribution >= 4 is 53.2 Å². The molecule has 276 valence electrons. The minimum Gasteiger partial charge on any atom is -0.438 e. The number of hydrogen-bond donors (Lipinski definition) is 0. The van der Waals surface area contributed by atoms with Gasteiger partial charge in [0.15, 0.2) is 6.79 Å². The van der Waals surface area contributed by atoms with Crippen LogP contribution in [0.3, 0.4) is 0 Å². The summed E-state index contributed by atoms with van der Waals surface area (Å²) in [7, 11) is 1.50. The monoisotopic (exact) mass is 689 g/mol. The zero-order chi connectivity index (χ0) is 25.5. The molecule has 0 fully saturated rings. The third-order valence-electron chi connectivity index (χ3n) is 3.25. The molecule has 7 nitrogen and oxygen atoms in total. The van der Waals surface area contributed by atoms with Crippen LogP contribution in [0.1, 0.15) is 129 Å². The summed E-state index contributed by atoms with van der Waals surface area (Å²) in [5.41, 5.74) is 0. The van der Waals surface area contributed by atoms with Crippen molar-refractivity contribution in [1.82, 2.24) is 0 Å². The van der Waals surface area contributed by atoms with E-state index in [1.165, 1.54) is 18.9 Å². The lowest BCUT2D eigenvalue weighted by molar-refractivity contribution is -0.165. The van der Waals surface area contributed by atoms with Crippen LogP contribution >= 0.6 is 35.3 Å². The number of methoxy groups -OCH3 is 1. The largest absolute Gasteiger partial charge is 0.438 e. The lowest BCUT2D eigenvalue weighted by Gasteiger charge is -2.07. The molecule has 43 heavy (non-hydrogen) atoms. The molecule has 0 aromatic heterocycles.